The zero-order valence-electron chi connectivity index (χ0n) is 16.7. The highest BCUT2D eigenvalue weighted by atomic mass is 31.0. The van der Waals surface area contributed by atoms with Gasteiger partial charge >= 0.3 is 0 Å². The van der Waals surface area contributed by atoms with Crippen molar-refractivity contribution in [2.45, 2.75) is 39.3 Å². The van der Waals surface area contributed by atoms with E-state index in [4.69, 9.17) is 10.7 Å². The molecule has 4 heterocycles. The number of pyridine rings is 1. The minimum atomic E-state index is 0.0670. The van der Waals surface area contributed by atoms with Crippen molar-refractivity contribution in [3.8, 4) is 11.1 Å². The topological polar surface area (TPSA) is 81.7 Å². The first-order valence-corrected chi connectivity index (χ1v) is 10.5. The largest absolute Gasteiger partial charge is 0.383 e. The number of rotatable bonds is 2. The Hall–Kier alpha value is -2.56. The molecule has 6 nitrogen and oxygen atoms in total. The fourth-order valence-corrected chi connectivity index (χ4v) is 5.31. The lowest BCUT2D eigenvalue weighted by Gasteiger charge is -2.32. The van der Waals surface area contributed by atoms with E-state index in [1.54, 1.807) is 6.33 Å². The maximum absolute atomic E-state index is 6.38. The van der Waals surface area contributed by atoms with Crippen LogP contribution in [0.1, 0.15) is 26.0 Å². The average Bonchev–Trinajstić information content (AvgIpc) is 2.94. The Morgan fingerprint density at radius 2 is 2.03 bits per heavy atom. The first-order valence-electron chi connectivity index (χ1n) is 9.92. The molecule has 0 saturated carbocycles. The van der Waals surface area contributed by atoms with Crippen LogP contribution in [0, 0.1) is 5.41 Å². The number of para-hydroxylation sites is 1. The number of hydrogen-bond acceptors (Lipinski definition) is 5. The summed E-state index contributed by atoms with van der Waals surface area (Å²) in [6.45, 7) is 5.47. The van der Waals surface area contributed by atoms with Crippen LogP contribution in [-0.4, -0.2) is 25.6 Å². The number of nitrogens with two attached hydrogens (primary N) is 1. The molecule has 0 saturated heterocycles. The molecule has 0 amide bonds. The van der Waals surface area contributed by atoms with E-state index in [9.17, 15) is 0 Å². The molecule has 3 N–H and O–H groups in total. The maximum atomic E-state index is 6.38. The van der Waals surface area contributed by atoms with Gasteiger partial charge in [0.25, 0.3) is 0 Å². The first kappa shape index (κ1) is 18.5. The number of hydrogen-bond donors (Lipinski definition) is 2. The molecule has 0 radical (unpaired) electrons. The number of nitrogens with one attached hydrogen (secondary N) is 1. The SMILES string of the molecule is CC1(C)Cn2c(c(-c3cnc4ccccc4c3)c3c(N)ncnc32)CCC1NP. The number of aromatic nitrogens is 4. The third-order valence-electron chi connectivity index (χ3n) is 6.24. The highest BCUT2D eigenvalue weighted by molar-refractivity contribution is 7.13. The Morgan fingerprint density at radius 3 is 2.86 bits per heavy atom. The second-order valence-electron chi connectivity index (χ2n) is 8.53. The third kappa shape index (κ3) is 2.90. The van der Waals surface area contributed by atoms with E-state index in [0.717, 1.165) is 52.4 Å². The van der Waals surface area contributed by atoms with Gasteiger partial charge in [0, 0.05) is 41.0 Å². The van der Waals surface area contributed by atoms with Gasteiger partial charge in [0.15, 0.2) is 0 Å². The Bertz CT molecular complexity index is 1230. The zero-order chi connectivity index (χ0) is 20.2. The van der Waals surface area contributed by atoms with Crippen molar-refractivity contribution >= 4 is 37.1 Å². The molecular formula is C22H25N6P. The Balaban J connectivity index is 1.81. The lowest BCUT2D eigenvalue weighted by Crippen LogP contribution is -2.39. The van der Waals surface area contributed by atoms with Gasteiger partial charge in [0.2, 0.25) is 0 Å². The summed E-state index contributed by atoms with van der Waals surface area (Å²) in [6, 6.07) is 10.8. The molecule has 0 spiro atoms. The molecule has 2 atom stereocenters. The van der Waals surface area contributed by atoms with E-state index in [-0.39, 0.29) is 5.41 Å². The van der Waals surface area contributed by atoms with Gasteiger partial charge in [-0.25, -0.2) is 9.97 Å². The van der Waals surface area contributed by atoms with Gasteiger partial charge in [-0.15, -0.1) is 0 Å². The second-order valence-corrected chi connectivity index (χ2v) is 8.86. The van der Waals surface area contributed by atoms with E-state index < -0.39 is 0 Å². The normalized spacial score (nSPS) is 18.7. The minimum Gasteiger partial charge on any atom is -0.383 e. The van der Waals surface area contributed by atoms with Crippen LogP contribution in [0.15, 0.2) is 42.9 Å². The third-order valence-corrected chi connectivity index (χ3v) is 6.64. The summed E-state index contributed by atoms with van der Waals surface area (Å²) in [6.07, 6.45) is 5.49. The molecule has 1 aliphatic rings. The summed E-state index contributed by atoms with van der Waals surface area (Å²) < 4.78 is 2.35. The highest BCUT2D eigenvalue weighted by Gasteiger charge is 2.35. The first-order chi connectivity index (χ1) is 14.0. The highest BCUT2D eigenvalue weighted by Crippen LogP contribution is 2.42. The van der Waals surface area contributed by atoms with Crippen molar-refractivity contribution in [2.24, 2.45) is 5.41 Å². The molecule has 1 aromatic carbocycles. The standard InChI is InChI=1S/C22H25N6P/c1-22(2)11-28-16(7-8-17(22)27-29)18(19-20(23)25-12-26-21(19)28)14-9-13-5-3-4-6-15(13)24-10-14/h3-6,9-10,12,17,27H,7-8,11,29H2,1-2H3,(H2,23,25,26). The van der Waals surface area contributed by atoms with Gasteiger partial charge in [0.05, 0.1) is 10.9 Å². The van der Waals surface area contributed by atoms with Crippen molar-refractivity contribution in [1.82, 2.24) is 24.6 Å². The van der Waals surface area contributed by atoms with Crippen LogP contribution >= 0.6 is 9.39 Å². The molecule has 29 heavy (non-hydrogen) atoms. The summed E-state index contributed by atoms with van der Waals surface area (Å²) in [4.78, 5) is 13.7. The van der Waals surface area contributed by atoms with Crippen molar-refractivity contribution in [3.05, 3.63) is 48.5 Å². The van der Waals surface area contributed by atoms with Gasteiger partial charge in [-0.2, -0.15) is 0 Å². The van der Waals surface area contributed by atoms with Crippen molar-refractivity contribution in [1.29, 1.82) is 0 Å². The van der Waals surface area contributed by atoms with Gasteiger partial charge in [0.1, 0.15) is 17.8 Å². The van der Waals surface area contributed by atoms with E-state index >= 15 is 0 Å². The monoisotopic (exact) mass is 404 g/mol. The van der Waals surface area contributed by atoms with Crippen molar-refractivity contribution < 1.29 is 0 Å². The molecule has 0 fully saturated rings. The predicted octanol–water partition coefficient (Wildman–Crippen LogP) is 3.95. The summed E-state index contributed by atoms with van der Waals surface area (Å²) in [7, 11) is 2.69. The lowest BCUT2D eigenvalue weighted by molar-refractivity contribution is 0.236. The average molecular weight is 404 g/mol. The van der Waals surface area contributed by atoms with Crippen LogP contribution in [0.5, 0.6) is 0 Å². The second kappa shape index (κ2) is 6.75. The number of nitrogens with zero attached hydrogens (tertiary/aromatic N) is 4. The Kier molecular flexibility index (Phi) is 4.30. The summed E-state index contributed by atoms with van der Waals surface area (Å²) in [5, 5.41) is 5.49. The Labute approximate surface area is 172 Å². The molecule has 5 rings (SSSR count). The fraction of sp³-hybridized carbons (Fsp3) is 0.318. The smallest absolute Gasteiger partial charge is 0.146 e. The van der Waals surface area contributed by atoms with Crippen LogP contribution < -0.4 is 10.8 Å². The number of benzene rings is 1. The summed E-state index contributed by atoms with van der Waals surface area (Å²) in [5.74, 6) is 0.525. The van der Waals surface area contributed by atoms with Crippen LogP contribution in [-0.2, 0) is 13.0 Å². The Morgan fingerprint density at radius 1 is 1.21 bits per heavy atom. The molecular weight excluding hydrogens is 379 g/mol. The van der Waals surface area contributed by atoms with E-state index in [1.807, 2.05) is 24.4 Å². The maximum Gasteiger partial charge on any atom is 0.146 e. The van der Waals surface area contributed by atoms with Gasteiger partial charge < -0.3 is 10.3 Å². The quantitative estimate of drug-likeness (QED) is 0.495. The molecule has 4 aromatic rings. The predicted molar refractivity (Wildman–Crippen MR) is 121 cm³/mol. The fourth-order valence-electron chi connectivity index (χ4n) is 4.69. The summed E-state index contributed by atoms with van der Waals surface area (Å²) in [5.41, 5.74) is 11.8. The van der Waals surface area contributed by atoms with Crippen molar-refractivity contribution in [2.75, 3.05) is 5.73 Å². The van der Waals surface area contributed by atoms with Crippen LogP contribution in [0.3, 0.4) is 0 Å². The molecule has 3 aromatic heterocycles. The molecule has 0 aliphatic carbocycles. The van der Waals surface area contributed by atoms with Gasteiger partial charge in [-0.1, -0.05) is 41.4 Å². The number of nitrogen functional groups attached to an aromatic ring is 1. The molecule has 0 bridgehead atoms. The molecule has 2 unspecified atom stereocenters. The zero-order valence-corrected chi connectivity index (χ0v) is 17.8. The molecule has 1 aliphatic heterocycles. The van der Waals surface area contributed by atoms with Crippen molar-refractivity contribution in [3.63, 3.8) is 0 Å². The van der Waals surface area contributed by atoms with Crippen LogP contribution in [0.4, 0.5) is 5.82 Å². The molecule has 7 heteroatoms. The number of fused-ring (bicyclic) bond motifs is 4. The van der Waals surface area contributed by atoms with E-state index in [1.165, 1.54) is 5.69 Å². The lowest BCUT2D eigenvalue weighted by atomic mass is 9.83. The van der Waals surface area contributed by atoms with E-state index in [0.29, 0.717) is 11.9 Å². The minimum absolute atomic E-state index is 0.0670. The van der Waals surface area contributed by atoms with Crippen LogP contribution in [0.2, 0.25) is 0 Å². The van der Waals surface area contributed by atoms with E-state index in [2.05, 4.69) is 55.0 Å². The summed E-state index contributed by atoms with van der Waals surface area (Å²) >= 11 is 0. The molecule has 148 valence electrons. The van der Waals surface area contributed by atoms with Gasteiger partial charge in [-0.05, 0) is 30.4 Å². The van der Waals surface area contributed by atoms with Crippen LogP contribution in [0.25, 0.3) is 33.1 Å². The van der Waals surface area contributed by atoms with Gasteiger partial charge in [-0.3, -0.25) is 10.1 Å². The number of anilines is 1.